The van der Waals surface area contributed by atoms with Gasteiger partial charge in [0.15, 0.2) is 0 Å². The third-order valence-corrected chi connectivity index (χ3v) is 4.49. The highest BCUT2D eigenvalue weighted by Crippen LogP contribution is 2.35. The Morgan fingerprint density at radius 3 is 2.64 bits per heavy atom. The number of nitrogens with one attached hydrogen (secondary N) is 1. The van der Waals surface area contributed by atoms with E-state index in [-0.39, 0.29) is 24.0 Å². The fourth-order valence-electron chi connectivity index (χ4n) is 2.75. The minimum Gasteiger partial charge on any atom is -0.508 e. The van der Waals surface area contributed by atoms with E-state index in [2.05, 4.69) is 21.2 Å². The number of phenolic OH excluding ortho intramolecular Hbond substituents is 1. The minimum absolute atomic E-state index is 0.107. The zero-order valence-electron chi connectivity index (χ0n) is 13.5. The smallest absolute Gasteiger partial charge is 0.221 e. The molecule has 4 nitrogen and oxygen atoms in total. The number of carbonyl (C=O) groups is 1. The summed E-state index contributed by atoms with van der Waals surface area (Å²) in [6.45, 7) is 0.345. The van der Waals surface area contributed by atoms with Crippen molar-refractivity contribution in [2.75, 3.05) is 0 Å². The van der Waals surface area contributed by atoms with Gasteiger partial charge >= 0.3 is 0 Å². The summed E-state index contributed by atoms with van der Waals surface area (Å²) in [4.78, 5) is 12.4. The summed E-state index contributed by atoms with van der Waals surface area (Å²) in [5.74, 6) is 0.533. The van der Waals surface area contributed by atoms with E-state index in [9.17, 15) is 9.90 Å². The van der Waals surface area contributed by atoms with Crippen LogP contribution >= 0.6 is 15.9 Å². The molecule has 0 bridgehead atoms. The van der Waals surface area contributed by atoms with Crippen molar-refractivity contribution in [3.05, 3.63) is 88.3 Å². The van der Waals surface area contributed by atoms with E-state index in [4.69, 9.17) is 4.42 Å². The third kappa shape index (κ3) is 4.51. The third-order valence-electron chi connectivity index (χ3n) is 4.00. The van der Waals surface area contributed by atoms with Crippen LogP contribution < -0.4 is 5.32 Å². The van der Waals surface area contributed by atoms with E-state index in [0.717, 1.165) is 10.0 Å². The lowest BCUT2D eigenvalue weighted by Crippen LogP contribution is -2.24. The Morgan fingerprint density at radius 2 is 1.92 bits per heavy atom. The summed E-state index contributed by atoms with van der Waals surface area (Å²) in [6.07, 6.45) is 1.81. The Bertz CT molecular complexity index is 831. The first-order valence-electron chi connectivity index (χ1n) is 7.96. The zero-order valence-corrected chi connectivity index (χ0v) is 15.1. The molecule has 0 saturated heterocycles. The van der Waals surface area contributed by atoms with Gasteiger partial charge in [-0.15, -0.1) is 0 Å². The quantitative estimate of drug-likeness (QED) is 0.637. The Hall–Kier alpha value is -2.53. The number of halogens is 1. The van der Waals surface area contributed by atoms with E-state index in [1.807, 2.05) is 42.5 Å². The van der Waals surface area contributed by atoms with Crippen LogP contribution in [-0.2, 0) is 11.3 Å². The molecule has 0 aliphatic carbocycles. The standard InChI is InChI=1S/C20H18BrNO3/c21-15-8-9-19(23)18(11-15)17(14-5-2-1-3-6-14)12-20(24)22-13-16-7-4-10-25-16/h1-11,17,23H,12-13H2,(H,22,24)/t17-/m0/s1. The van der Waals surface area contributed by atoms with E-state index in [1.165, 1.54) is 0 Å². The molecule has 1 atom stereocenters. The molecule has 5 heteroatoms. The molecule has 0 radical (unpaired) electrons. The Balaban J connectivity index is 1.81. The Kier molecular flexibility index (Phi) is 5.56. The molecule has 0 aliphatic heterocycles. The van der Waals surface area contributed by atoms with Crippen molar-refractivity contribution in [3.8, 4) is 5.75 Å². The van der Waals surface area contributed by atoms with Crippen LogP contribution in [0.15, 0.2) is 75.8 Å². The largest absolute Gasteiger partial charge is 0.508 e. The van der Waals surface area contributed by atoms with Gasteiger partial charge in [-0.1, -0.05) is 46.3 Å². The molecule has 3 rings (SSSR count). The number of carbonyl (C=O) groups excluding carboxylic acids is 1. The number of rotatable bonds is 6. The van der Waals surface area contributed by atoms with Gasteiger partial charge in [-0.05, 0) is 35.9 Å². The first kappa shape index (κ1) is 17.3. The molecule has 0 spiro atoms. The van der Waals surface area contributed by atoms with Crippen molar-refractivity contribution >= 4 is 21.8 Å². The van der Waals surface area contributed by atoms with Gasteiger partial charge in [0.2, 0.25) is 5.91 Å². The number of amides is 1. The average Bonchev–Trinajstić information content (AvgIpc) is 3.14. The number of aromatic hydroxyl groups is 1. The zero-order chi connectivity index (χ0) is 17.6. The number of phenols is 1. The summed E-state index contributed by atoms with van der Waals surface area (Å²) in [7, 11) is 0. The minimum atomic E-state index is -0.240. The average molecular weight is 400 g/mol. The predicted octanol–water partition coefficient (Wildman–Crippen LogP) is 4.59. The van der Waals surface area contributed by atoms with Crippen molar-refractivity contribution in [2.24, 2.45) is 0 Å². The van der Waals surface area contributed by atoms with Crippen LogP contribution in [-0.4, -0.2) is 11.0 Å². The molecule has 2 aromatic carbocycles. The van der Waals surface area contributed by atoms with Crippen molar-refractivity contribution < 1.29 is 14.3 Å². The van der Waals surface area contributed by atoms with Crippen LogP contribution in [0.25, 0.3) is 0 Å². The molecule has 0 saturated carbocycles. The summed E-state index contributed by atoms with van der Waals surface area (Å²) in [5, 5.41) is 13.2. The van der Waals surface area contributed by atoms with Crippen molar-refractivity contribution in [1.82, 2.24) is 5.32 Å². The topological polar surface area (TPSA) is 62.5 Å². The number of benzene rings is 2. The van der Waals surface area contributed by atoms with Gasteiger partial charge in [0, 0.05) is 22.4 Å². The molecular weight excluding hydrogens is 382 g/mol. The van der Waals surface area contributed by atoms with E-state index in [0.29, 0.717) is 17.9 Å². The normalized spacial score (nSPS) is 11.9. The highest BCUT2D eigenvalue weighted by atomic mass is 79.9. The molecule has 1 heterocycles. The maximum absolute atomic E-state index is 12.4. The van der Waals surface area contributed by atoms with Crippen LogP contribution in [0, 0.1) is 0 Å². The van der Waals surface area contributed by atoms with E-state index < -0.39 is 0 Å². The lowest BCUT2D eigenvalue weighted by atomic mass is 9.87. The van der Waals surface area contributed by atoms with Gasteiger partial charge in [-0.2, -0.15) is 0 Å². The first-order chi connectivity index (χ1) is 12.1. The molecule has 0 unspecified atom stereocenters. The summed E-state index contributed by atoms with van der Waals surface area (Å²) in [6, 6.07) is 18.6. The summed E-state index contributed by atoms with van der Waals surface area (Å²) in [5.41, 5.74) is 1.69. The highest BCUT2D eigenvalue weighted by Gasteiger charge is 2.21. The molecule has 0 fully saturated rings. The van der Waals surface area contributed by atoms with Gasteiger partial charge in [-0.25, -0.2) is 0 Å². The molecule has 0 aliphatic rings. The number of hydrogen-bond acceptors (Lipinski definition) is 3. The highest BCUT2D eigenvalue weighted by molar-refractivity contribution is 9.10. The van der Waals surface area contributed by atoms with Gasteiger partial charge < -0.3 is 14.8 Å². The van der Waals surface area contributed by atoms with Crippen molar-refractivity contribution in [2.45, 2.75) is 18.9 Å². The van der Waals surface area contributed by atoms with Crippen molar-refractivity contribution in [1.29, 1.82) is 0 Å². The fourth-order valence-corrected chi connectivity index (χ4v) is 3.13. The number of hydrogen-bond donors (Lipinski definition) is 2. The molecule has 2 N–H and O–H groups in total. The van der Waals surface area contributed by atoms with Crippen LogP contribution in [0.4, 0.5) is 0 Å². The number of furan rings is 1. The molecule has 25 heavy (non-hydrogen) atoms. The van der Waals surface area contributed by atoms with Crippen molar-refractivity contribution in [3.63, 3.8) is 0 Å². The maximum atomic E-state index is 12.4. The predicted molar refractivity (Wildman–Crippen MR) is 99.3 cm³/mol. The van der Waals surface area contributed by atoms with Gasteiger partial charge in [-0.3, -0.25) is 4.79 Å². The van der Waals surface area contributed by atoms with Crippen LogP contribution in [0.5, 0.6) is 5.75 Å². The second-order valence-corrected chi connectivity index (χ2v) is 6.64. The van der Waals surface area contributed by atoms with E-state index in [1.54, 1.807) is 24.5 Å². The summed E-state index contributed by atoms with van der Waals surface area (Å²) >= 11 is 3.44. The fraction of sp³-hybridized carbons (Fsp3) is 0.150. The SMILES string of the molecule is O=C(C[C@@H](c1ccccc1)c1cc(Br)ccc1O)NCc1ccco1. The molecule has 1 aromatic heterocycles. The van der Waals surface area contributed by atoms with E-state index >= 15 is 0 Å². The Labute approximate surface area is 154 Å². The van der Waals surface area contributed by atoms with Crippen LogP contribution in [0.3, 0.4) is 0 Å². The second-order valence-electron chi connectivity index (χ2n) is 5.73. The molecule has 1 amide bonds. The van der Waals surface area contributed by atoms with Crippen LogP contribution in [0.2, 0.25) is 0 Å². The summed E-state index contributed by atoms with van der Waals surface area (Å²) < 4.78 is 6.09. The first-order valence-corrected chi connectivity index (χ1v) is 8.75. The second kappa shape index (κ2) is 8.03. The van der Waals surface area contributed by atoms with Gasteiger partial charge in [0.25, 0.3) is 0 Å². The maximum Gasteiger partial charge on any atom is 0.221 e. The van der Waals surface area contributed by atoms with Gasteiger partial charge in [0.1, 0.15) is 11.5 Å². The van der Waals surface area contributed by atoms with Gasteiger partial charge in [0.05, 0.1) is 12.8 Å². The monoisotopic (exact) mass is 399 g/mol. The molecule has 3 aromatic rings. The molecule has 128 valence electrons. The lowest BCUT2D eigenvalue weighted by molar-refractivity contribution is -0.121. The lowest BCUT2D eigenvalue weighted by Gasteiger charge is -2.19. The van der Waals surface area contributed by atoms with Crippen LogP contribution in [0.1, 0.15) is 29.2 Å². The molecular formula is C20H18BrNO3. The Morgan fingerprint density at radius 1 is 1.12 bits per heavy atom.